The number of carbonyl (C=O) groups excluding carboxylic acids is 2. The van der Waals surface area contributed by atoms with E-state index >= 15 is 4.39 Å². The van der Waals surface area contributed by atoms with E-state index in [0.717, 1.165) is 50.5 Å². The highest BCUT2D eigenvalue weighted by atomic mass is 19.1. The van der Waals surface area contributed by atoms with E-state index in [4.69, 9.17) is 14.7 Å². The highest BCUT2D eigenvalue weighted by molar-refractivity contribution is 5.94. The minimum absolute atomic E-state index is 0.0372. The summed E-state index contributed by atoms with van der Waals surface area (Å²) in [5.41, 5.74) is 2.76. The van der Waals surface area contributed by atoms with Gasteiger partial charge in [0.05, 0.1) is 6.20 Å². The Labute approximate surface area is 258 Å². The average molecular weight is 606 g/mol. The lowest BCUT2D eigenvalue weighted by Gasteiger charge is -2.30. The van der Waals surface area contributed by atoms with Gasteiger partial charge in [-0.05, 0) is 81.1 Å². The number of nitrogens with zero attached hydrogens (tertiary/aromatic N) is 5. The number of nitrogens with one attached hydrogen (secondary N) is 2. The van der Waals surface area contributed by atoms with Gasteiger partial charge in [-0.1, -0.05) is 20.4 Å². The van der Waals surface area contributed by atoms with Gasteiger partial charge in [0.25, 0.3) is 0 Å². The number of aromatic nitrogens is 4. The van der Waals surface area contributed by atoms with Crippen LogP contribution in [0, 0.1) is 17.7 Å². The summed E-state index contributed by atoms with van der Waals surface area (Å²) in [6, 6.07) is 4.98. The molecule has 0 unspecified atom stereocenters. The van der Waals surface area contributed by atoms with E-state index < -0.39 is 0 Å². The summed E-state index contributed by atoms with van der Waals surface area (Å²) in [4.78, 5) is 36.1. The Balaban J connectivity index is 1.27. The lowest BCUT2D eigenvalue weighted by molar-refractivity contribution is -0.123. The molecule has 1 saturated heterocycles. The van der Waals surface area contributed by atoms with Crippen molar-refractivity contribution in [3.8, 4) is 0 Å². The van der Waals surface area contributed by atoms with Crippen LogP contribution in [0.5, 0.6) is 0 Å². The van der Waals surface area contributed by atoms with Crippen molar-refractivity contribution >= 4 is 34.9 Å². The number of ether oxygens (including phenoxy) is 1. The van der Waals surface area contributed by atoms with Crippen molar-refractivity contribution in [2.45, 2.75) is 83.7 Å². The molecule has 10 nitrogen and oxygen atoms in total. The highest BCUT2D eigenvalue weighted by Gasteiger charge is 2.29. The Hall–Kier alpha value is -3.86. The molecule has 0 radical (unpaired) electrons. The number of ketones is 1. The molecule has 1 aromatic carbocycles. The van der Waals surface area contributed by atoms with E-state index in [-0.39, 0.29) is 41.9 Å². The third-order valence-electron chi connectivity index (χ3n) is 8.98. The zero-order chi connectivity index (χ0) is 31.2. The van der Waals surface area contributed by atoms with Crippen LogP contribution in [0.3, 0.4) is 0 Å². The lowest BCUT2D eigenvalue weighted by atomic mass is 9.79. The van der Waals surface area contributed by atoms with E-state index in [0.29, 0.717) is 54.3 Å². The molecule has 5 rings (SSSR count). The molecule has 0 bridgehead atoms. The molecule has 2 aromatic heterocycles. The monoisotopic (exact) mass is 605 g/mol. The van der Waals surface area contributed by atoms with Gasteiger partial charge in [-0.15, -0.1) is 0 Å². The Kier molecular flexibility index (Phi) is 10.2. The number of allylic oxidation sites excluding steroid dienone is 1. The highest BCUT2D eigenvalue weighted by Crippen LogP contribution is 2.34. The van der Waals surface area contributed by atoms with Crippen molar-refractivity contribution in [2.75, 3.05) is 35.8 Å². The summed E-state index contributed by atoms with van der Waals surface area (Å²) >= 11 is 0. The maximum absolute atomic E-state index is 15.0. The minimum Gasteiger partial charge on any atom is -0.381 e. The molecular formula is C33H44FN7O3. The molecule has 44 heavy (non-hydrogen) atoms. The maximum Gasteiger partial charge on any atom is 0.229 e. The molecule has 3 aromatic rings. The van der Waals surface area contributed by atoms with Crippen molar-refractivity contribution in [1.29, 1.82) is 0 Å². The van der Waals surface area contributed by atoms with Crippen molar-refractivity contribution in [3.05, 3.63) is 54.0 Å². The Morgan fingerprint density at radius 2 is 1.91 bits per heavy atom. The number of rotatable bonds is 12. The summed E-state index contributed by atoms with van der Waals surface area (Å²) in [5, 5.41) is 11.2. The van der Waals surface area contributed by atoms with Crippen molar-refractivity contribution in [3.63, 3.8) is 0 Å². The van der Waals surface area contributed by atoms with Gasteiger partial charge in [-0.3, -0.25) is 9.59 Å². The summed E-state index contributed by atoms with van der Waals surface area (Å²) in [7, 11) is 1.75. The second kappa shape index (κ2) is 14.3. The van der Waals surface area contributed by atoms with Crippen LogP contribution in [0.2, 0.25) is 0 Å². The molecule has 2 N–H and O–H groups in total. The SMILES string of the molecule is C=CC(=O)CCC1CCC(C(=O)N(C)c2ccc(F)c(CNc3nc(NC4CCOCC4)nc4c(C(C)C)cnn34)c2)CC1. The molecule has 1 aliphatic carbocycles. The molecular weight excluding hydrogens is 561 g/mol. The van der Waals surface area contributed by atoms with Gasteiger partial charge < -0.3 is 20.3 Å². The lowest BCUT2D eigenvalue weighted by Crippen LogP contribution is -2.35. The smallest absolute Gasteiger partial charge is 0.229 e. The maximum atomic E-state index is 15.0. The van der Waals surface area contributed by atoms with Gasteiger partial charge in [0.15, 0.2) is 11.4 Å². The second-order valence-electron chi connectivity index (χ2n) is 12.3. The molecule has 1 saturated carbocycles. The van der Waals surface area contributed by atoms with Crippen molar-refractivity contribution in [1.82, 2.24) is 19.6 Å². The van der Waals surface area contributed by atoms with Crippen LogP contribution in [0.4, 0.5) is 22.0 Å². The van der Waals surface area contributed by atoms with Gasteiger partial charge in [-0.2, -0.15) is 19.6 Å². The molecule has 2 aliphatic rings. The molecule has 236 valence electrons. The predicted octanol–water partition coefficient (Wildman–Crippen LogP) is 5.89. The fraction of sp³-hybridized carbons (Fsp3) is 0.545. The Morgan fingerprint density at radius 3 is 2.61 bits per heavy atom. The van der Waals surface area contributed by atoms with E-state index in [1.807, 2.05) is 0 Å². The number of hydrogen-bond acceptors (Lipinski definition) is 8. The molecule has 1 aliphatic heterocycles. The first kappa shape index (κ1) is 31.6. The predicted molar refractivity (Wildman–Crippen MR) is 169 cm³/mol. The van der Waals surface area contributed by atoms with Crippen LogP contribution >= 0.6 is 0 Å². The molecule has 3 heterocycles. The molecule has 2 fully saturated rings. The third kappa shape index (κ3) is 7.43. The van der Waals surface area contributed by atoms with Gasteiger partial charge in [0.2, 0.25) is 17.8 Å². The quantitative estimate of drug-likeness (QED) is 0.246. The van der Waals surface area contributed by atoms with Crippen molar-refractivity contribution in [2.24, 2.45) is 11.8 Å². The second-order valence-corrected chi connectivity index (χ2v) is 12.3. The molecule has 0 spiro atoms. The zero-order valence-electron chi connectivity index (χ0n) is 26.0. The zero-order valence-corrected chi connectivity index (χ0v) is 26.0. The van der Waals surface area contributed by atoms with Gasteiger partial charge in [0.1, 0.15) is 5.82 Å². The number of benzene rings is 1. The first-order chi connectivity index (χ1) is 21.2. The molecule has 1 amide bonds. The minimum atomic E-state index is -0.370. The fourth-order valence-electron chi connectivity index (χ4n) is 6.13. The first-order valence-corrected chi connectivity index (χ1v) is 15.8. The number of carbonyl (C=O) groups is 2. The van der Waals surface area contributed by atoms with Crippen LogP contribution in [0.15, 0.2) is 37.1 Å². The van der Waals surface area contributed by atoms with E-state index in [1.54, 1.807) is 34.8 Å². The van der Waals surface area contributed by atoms with Gasteiger partial charge in [-0.25, -0.2) is 4.39 Å². The van der Waals surface area contributed by atoms with Crippen LogP contribution in [-0.4, -0.2) is 57.6 Å². The van der Waals surface area contributed by atoms with Gasteiger partial charge in [0, 0.05) is 62.0 Å². The van der Waals surface area contributed by atoms with Crippen LogP contribution in [-0.2, 0) is 20.9 Å². The van der Waals surface area contributed by atoms with E-state index in [2.05, 4.69) is 36.2 Å². The number of anilines is 3. The number of halogens is 1. The van der Waals surface area contributed by atoms with Gasteiger partial charge >= 0.3 is 0 Å². The average Bonchev–Trinajstić information content (AvgIpc) is 3.48. The number of fused-ring (bicyclic) bond motifs is 1. The first-order valence-electron chi connectivity index (χ1n) is 15.8. The largest absolute Gasteiger partial charge is 0.381 e. The molecule has 0 atom stereocenters. The standard InChI is InChI=1S/C33H44FN7O3/c1-5-27(42)12-8-22-6-9-23(10-7-22)31(43)40(4)26-11-13-29(34)24(18-26)19-35-33-39-32(37-25-14-16-44-17-15-25)38-30-28(21(2)3)20-36-41(30)33/h5,11,13,18,20-23,25H,1,6-10,12,14-17,19H2,2-4H3,(H2,35,37,38,39). The Bertz CT molecular complexity index is 1480. The summed E-state index contributed by atoms with van der Waals surface area (Å²) in [6.45, 7) is 9.27. The summed E-state index contributed by atoms with van der Waals surface area (Å²) < 4.78 is 22.2. The molecule has 11 heteroatoms. The summed E-state index contributed by atoms with van der Waals surface area (Å²) in [6.07, 6.45) is 9.74. The fourth-order valence-corrected chi connectivity index (χ4v) is 6.13. The normalized spacial score (nSPS) is 19.2. The van der Waals surface area contributed by atoms with Crippen LogP contribution in [0.1, 0.15) is 82.3 Å². The number of hydrogen-bond donors (Lipinski definition) is 2. The number of amides is 1. The topological polar surface area (TPSA) is 114 Å². The Morgan fingerprint density at radius 1 is 1.16 bits per heavy atom. The third-order valence-corrected chi connectivity index (χ3v) is 8.98. The van der Waals surface area contributed by atoms with E-state index in [1.165, 1.54) is 12.1 Å². The van der Waals surface area contributed by atoms with Crippen molar-refractivity contribution < 1.29 is 18.7 Å². The van der Waals surface area contributed by atoms with E-state index in [9.17, 15) is 9.59 Å². The summed E-state index contributed by atoms with van der Waals surface area (Å²) in [5.74, 6) is 1.29. The van der Waals surface area contributed by atoms with Crippen LogP contribution in [0.25, 0.3) is 5.65 Å². The van der Waals surface area contributed by atoms with Crippen LogP contribution < -0.4 is 15.5 Å².